The first-order valence-electron chi connectivity index (χ1n) is 8.39. The van der Waals surface area contributed by atoms with E-state index in [2.05, 4.69) is 44.8 Å². The zero-order valence-electron chi connectivity index (χ0n) is 13.8. The molecule has 1 saturated heterocycles. The molecule has 2 nitrogen and oxygen atoms in total. The van der Waals surface area contributed by atoms with Gasteiger partial charge in [-0.25, -0.2) is 0 Å². The van der Waals surface area contributed by atoms with Gasteiger partial charge in [0.05, 0.1) is 0 Å². The van der Waals surface area contributed by atoms with E-state index in [0.717, 1.165) is 6.04 Å². The monoisotopic (exact) mass is 266 g/mol. The molecule has 0 bridgehead atoms. The second kappa shape index (κ2) is 5.73. The van der Waals surface area contributed by atoms with E-state index in [1.807, 2.05) is 0 Å². The van der Waals surface area contributed by atoms with Crippen molar-refractivity contribution in [2.45, 2.75) is 90.8 Å². The van der Waals surface area contributed by atoms with Crippen LogP contribution in [0.2, 0.25) is 0 Å². The highest BCUT2D eigenvalue weighted by atomic mass is 15.3. The van der Waals surface area contributed by atoms with Gasteiger partial charge in [0.1, 0.15) is 0 Å². The summed E-state index contributed by atoms with van der Waals surface area (Å²) in [5.74, 6) is 0. The number of rotatable bonds is 3. The Morgan fingerprint density at radius 1 is 1.26 bits per heavy atom. The molecule has 2 unspecified atom stereocenters. The molecule has 0 aromatic carbocycles. The van der Waals surface area contributed by atoms with Crippen LogP contribution in [0.1, 0.15) is 73.1 Å². The van der Waals surface area contributed by atoms with Crippen LogP contribution >= 0.6 is 0 Å². The zero-order valence-corrected chi connectivity index (χ0v) is 13.8. The van der Waals surface area contributed by atoms with E-state index in [1.165, 1.54) is 51.6 Å². The molecule has 112 valence electrons. The van der Waals surface area contributed by atoms with Gasteiger partial charge in [0.25, 0.3) is 0 Å². The Morgan fingerprint density at radius 3 is 2.42 bits per heavy atom. The van der Waals surface area contributed by atoms with Crippen LogP contribution < -0.4 is 5.32 Å². The van der Waals surface area contributed by atoms with Gasteiger partial charge in [-0.05, 0) is 31.6 Å². The van der Waals surface area contributed by atoms with E-state index in [9.17, 15) is 0 Å². The van der Waals surface area contributed by atoms with Crippen LogP contribution in [0.4, 0.5) is 0 Å². The molecule has 1 N–H and O–H groups in total. The van der Waals surface area contributed by atoms with Crippen molar-refractivity contribution in [2.75, 3.05) is 13.1 Å². The predicted octanol–water partition coefficient (Wildman–Crippen LogP) is 3.81. The first-order chi connectivity index (χ1) is 8.89. The molecule has 1 aliphatic heterocycles. The van der Waals surface area contributed by atoms with E-state index >= 15 is 0 Å². The molecule has 0 amide bonds. The molecule has 0 radical (unpaired) electrons. The van der Waals surface area contributed by atoms with E-state index in [4.69, 9.17) is 0 Å². The first kappa shape index (κ1) is 15.3. The van der Waals surface area contributed by atoms with Crippen LogP contribution in [-0.2, 0) is 0 Å². The molecule has 1 saturated carbocycles. The van der Waals surface area contributed by atoms with E-state index in [0.29, 0.717) is 17.0 Å². The van der Waals surface area contributed by atoms with Crippen molar-refractivity contribution < 1.29 is 0 Å². The predicted molar refractivity (Wildman–Crippen MR) is 83.5 cm³/mol. The van der Waals surface area contributed by atoms with Crippen molar-refractivity contribution in [2.24, 2.45) is 5.41 Å². The highest BCUT2D eigenvalue weighted by Crippen LogP contribution is 2.40. The molecule has 2 heteroatoms. The molecular formula is C17H34N2. The minimum absolute atomic E-state index is 0.365. The lowest BCUT2D eigenvalue weighted by Gasteiger charge is -2.53. The van der Waals surface area contributed by atoms with Crippen molar-refractivity contribution in [3.05, 3.63) is 0 Å². The number of hydrogen-bond acceptors (Lipinski definition) is 2. The highest BCUT2D eigenvalue weighted by Gasteiger charge is 2.46. The summed E-state index contributed by atoms with van der Waals surface area (Å²) in [5.41, 5.74) is 0.848. The Labute approximate surface area is 120 Å². The normalized spacial score (nSPS) is 29.8. The average molecular weight is 266 g/mol. The molecule has 2 atom stereocenters. The Balaban J connectivity index is 2.14. The van der Waals surface area contributed by atoms with E-state index < -0.39 is 0 Å². The maximum atomic E-state index is 3.88. The fourth-order valence-corrected chi connectivity index (χ4v) is 4.17. The van der Waals surface area contributed by atoms with Gasteiger partial charge in [0.2, 0.25) is 0 Å². The van der Waals surface area contributed by atoms with Gasteiger partial charge >= 0.3 is 0 Å². The molecule has 1 aliphatic carbocycles. The molecule has 2 aliphatic rings. The fraction of sp³-hybridized carbons (Fsp3) is 1.00. The van der Waals surface area contributed by atoms with Gasteiger partial charge in [0.15, 0.2) is 0 Å². The third-order valence-corrected chi connectivity index (χ3v) is 5.48. The molecule has 0 aromatic rings. The van der Waals surface area contributed by atoms with Crippen LogP contribution in [0.15, 0.2) is 0 Å². The van der Waals surface area contributed by atoms with Gasteiger partial charge in [-0.1, -0.05) is 47.0 Å². The SMILES string of the molecule is CCCC(C)N1CC(C(C)(C)C)NCC12CCCC2. The number of nitrogens with one attached hydrogen (secondary N) is 1. The number of hydrogen-bond donors (Lipinski definition) is 1. The van der Waals surface area contributed by atoms with Crippen LogP contribution in [-0.4, -0.2) is 35.6 Å². The lowest BCUT2D eigenvalue weighted by Crippen LogP contribution is -2.67. The van der Waals surface area contributed by atoms with Crippen molar-refractivity contribution in [3.63, 3.8) is 0 Å². The first-order valence-corrected chi connectivity index (χ1v) is 8.39. The van der Waals surface area contributed by atoms with Crippen LogP contribution in [0, 0.1) is 5.41 Å². The van der Waals surface area contributed by atoms with Gasteiger partial charge < -0.3 is 5.32 Å². The Hall–Kier alpha value is -0.0800. The third-order valence-electron chi connectivity index (χ3n) is 5.48. The molecule has 2 fully saturated rings. The molecular weight excluding hydrogens is 232 g/mol. The fourth-order valence-electron chi connectivity index (χ4n) is 4.17. The van der Waals surface area contributed by atoms with Gasteiger partial charge in [-0.15, -0.1) is 0 Å². The quantitative estimate of drug-likeness (QED) is 0.835. The van der Waals surface area contributed by atoms with Crippen LogP contribution in [0.5, 0.6) is 0 Å². The number of nitrogens with zero attached hydrogens (tertiary/aromatic N) is 1. The lowest BCUT2D eigenvalue weighted by molar-refractivity contribution is -0.0127. The standard InChI is InChI=1S/C17H34N2/c1-6-9-14(2)19-12-15(16(3,4)5)18-13-17(19)10-7-8-11-17/h14-15,18H,6-13H2,1-5H3. The summed E-state index contributed by atoms with van der Waals surface area (Å²) in [7, 11) is 0. The summed E-state index contributed by atoms with van der Waals surface area (Å²) in [6.45, 7) is 14.4. The smallest absolute Gasteiger partial charge is 0.0337 e. The van der Waals surface area contributed by atoms with Gasteiger partial charge in [-0.2, -0.15) is 0 Å². The number of piperazine rings is 1. The highest BCUT2D eigenvalue weighted by molar-refractivity contribution is 5.05. The molecule has 2 rings (SSSR count). The van der Waals surface area contributed by atoms with Crippen LogP contribution in [0.3, 0.4) is 0 Å². The zero-order chi connectivity index (χ0) is 14.1. The second-order valence-electron chi connectivity index (χ2n) is 8.02. The molecule has 19 heavy (non-hydrogen) atoms. The van der Waals surface area contributed by atoms with Gasteiger partial charge in [-0.3, -0.25) is 4.90 Å². The van der Waals surface area contributed by atoms with E-state index in [1.54, 1.807) is 0 Å². The molecule has 1 spiro atoms. The van der Waals surface area contributed by atoms with Crippen molar-refractivity contribution in [3.8, 4) is 0 Å². The summed E-state index contributed by atoms with van der Waals surface area (Å²) >= 11 is 0. The third kappa shape index (κ3) is 3.16. The summed E-state index contributed by atoms with van der Waals surface area (Å²) in [5, 5.41) is 3.88. The Morgan fingerprint density at radius 2 is 1.89 bits per heavy atom. The van der Waals surface area contributed by atoms with Crippen molar-refractivity contribution in [1.82, 2.24) is 10.2 Å². The summed E-state index contributed by atoms with van der Waals surface area (Å²) in [6.07, 6.45) is 8.32. The minimum Gasteiger partial charge on any atom is -0.310 e. The van der Waals surface area contributed by atoms with Gasteiger partial charge in [0, 0.05) is 30.7 Å². The maximum absolute atomic E-state index is 3.88. The van der Waals surface area contributed by atoms with Crippen molar-refractivity contribution >= 4 is 0 Å². The lowest BCUT2D eigenvalue weighted by atomic mass is 9.80. The second-order valence-corrected chi connectivity index (χ2v) is 8.02. The molecule has 1 heterocycles. The summed E-state index contributed by atoms with van der Waals surface area (Å²) in [4.78, 5) is 2.88. The topological polar surface area (TPSA) is 15.3 Å². The Bertz CT molecular complexity index is 286. The summed E-state index contributed by atoms with van der Waals surface area (Å²) < 4.78 is 0. The summed E-state index contributed by atoms with van der Waals surface area (Å²) in [6, 6.07) is 1.38. The van der Waals surface area contributed by atoms with Crippen molar-refractivity contribution in [1.29, 1.82) is 0 Å². The largest absolute Gasteiger partial charge is 0.310 e. The maximum Gasteiger partial charge on any atom is 0.0337 e. The Kier molecular flexibility index (Phi) is 4.62. The molecule has 0 aromatic heterocycles. The van der Waals surface area contributed by atoms with E-state index in [-0.39, 0.29) is 0 Å². The average Bonchev–Trinajstić information content (AvgIpc) is 2.77. The van der Waals surface area contributed by atoms with Crippen LogP contribution in [0.25, 0.3) is 0 Å². The minimum atomic E-state index is 0.365.